The largest absolute Gasteiger partial charge is 0.349 e. The summed E-state index contributed by atoms with van der Waals surface area (Å²) in [5.41, 5.74) is 1.02. The number of hydrogen-bond acceptors (Lipinski definition) is 4. The number of anilines is 1. The molecule has 0 amide bonds. The third-order valence-electron chi connectivity index (χ3n) is 4.40. The van der Waals surface area contributed by atoms with Gasteiger partial charge in [0.2, 0.25) is 0 Å². The Kier molecular flexibility index (Phi) is 3.30. The number of rotatable bonds is 2. The van der Waals surface area contributed by atoms with Gasteiger partial charge in [0, 0.05) is 6.54 Å². The second-order valence-electron chi connectivity index (χ2n) is 5.80. The standard InChI is InChI=1S/C17H16FN3S/c1-11-5-7-21(15(11)12-3-2-4-13(18)9-12)16-14-6-8-22-17(14)20-10-19-16/h2-4,6,8-11,15H,5,7H2,1H3. The molecule has 2 aromatic heterocycles. The first kappa shape index (κ1) is 13.6. The van der Waals surface area contributed by atoms with E-state index in [4.69, 9.17) is 0 Å². The maximum absolute atomic E-state index is 13.6. The van der Waals surface area contributed by atoms with Crippen molar-refractivity contribution in [3.05, 3.63) is 53.4 Å². The highest BCUT2D eigenvalue weighted by atomic mass is 32.1. The van der Waals surface area contributed by atoms with Crippen molar-refractivity contribution in [1.82, 2.24) is 9.97 Å². The molecular formula is C17H16FN3S. The number of benzene rings is 1. The van der Waals surface area contributed by atoms with Gasteiger partial charge in [-0.1, -0.05) is 19.1 Å². The second kappa shape index (κ2) is 5.32. The van der Waals surface area contributed by atoms with Crippen LogP contribution in [0.1, 0.15) is 24.9 Å². The van der Waals surface area contributed by atoms with E-state index in [2.05, 4.69) is 27.9 Å². The highest BCUT2D eigenvalue weighted by Gasteiger charge is 2.34. The minimum Gasteiger partial charge on any atom is -0.349 e. The van der Waals surface area contributed by atoms with Crippen molar-refractivity contribution in [2.75, 3.05) is 11.4 Å². The second-order valence-corrected chi connectivity index (χ2v) is 6.69. The van der Waals surface area contributed by atoms with Gasteiger partial charge in [0.25, 0.3) is 0 Å². The Hall–Kier alpha value is -2.01. The maximum Gasteiger partial charge on any atom is 0.141 e. The predicted octanol–water partition coefficient (Wildman–Crippen LogP) is 4.42. The van der Waals surface area contributed by atoms with Crippen LogP contribution in [0.5, 0.6) is 0 Å². The molecule has 2 atom stereocenters. The van der Waals surface area contributed by atoms with Crippen LogP contribution >= 0.6 is 11.3 Å². The Morgan fingerprint density at radius 3 is 3.05 bits per heavy atom. The minimum atomic E-state index is -0.181. The van der Waals surface area contributed by atoms with E-state index < -0.39 is 0 Å². The van der Waals surface area contributed by atoms with Gasteiger partial charge < -0.3 is 4.90 Å². The molecule has 1 aliphatic rings. The van der Waals surface area contributed by atoms with E-state index >= 15 is 0 Å². The summed E-state index contributed by atoms with van der Waals surface area (Å²) in [5.74, 6) is 1.25. The Labute approximate surface area is 132 Å². The Morgan fingerprint density at radius 1 is 1.27 bits per heavy atom. The molecule has 22 heavy (non-hydrogen) atoms. The van der Waals surface area contributed by atoms with Crippen molar-refractivity contribution < 1.29 is 4.39 Å². The number of aromatic nitrogens is 2. The first-order valence-electron chi connectivity index (χ1n) is 7.44. The number of hydrogen-bond donors (Lipinski definition) is 0. The number of thiophene rings is 1. The summed E-state index contributed by atoms with van der Waals surface area (Å²) in [6.45, 7) is 3.16. The van der Waals surface area contributed by atoms with Gasteiger partial charge in [-0.2, -0.15) is 0 Å². The van der Waals surface area contributed by atoms with Crippen LogP contribution in [0.4, 0.5) is 10.2 Å². The molecule has 0 spiro atoms. The monoisotopic (exact) mass is 313 g/mol. The van der Waals surface area contributed by atoms with E-state index in [0.29, 0.717) is 5.92 Å². The normalized spacial score (nSPS) is 21.6. The molecule has 1 fully saturated rings. The van der Waals surface area contributed by atoms with Crippen LogP contribution in [0.2, 0.25) is 0 Å². The summed E-state index contributed by atoms with van der Waals surface area (Å²) in [7, 11) is 0. The number of halogens is 1. The van der Waals surface area contributed by atoms with Gasteiger partial charge in [0.15, 0.2) is 0 Å². The van der Waals surface area contributed by atoms with Crippen LogP contribution in [0.3, 0.4) is 0 Å². The quantitative estimate of drug-likeness (QED) is 0.701. The van der Waals surface area contributed by atoms with Gasteiger partial charge in [-0.05, 0) is 41.5 Å². The smallest absolute Gasteiger partial charge is 0.141 e. The molecule has 0 saturated carbocycles. The molecule has 2 unspecified atom stereocenters. The summed E-state index contributed by atoms with van der Waals surface area (Å²) in [6, 6.07) is 9.17. The van der Waals surface area contributed by atoms with E-state index in [0.717, 1.165) is 34.6 Å². The fourth-order valence-electron chi connectivity index (χ4n) is 3.39. The topological polar surface area (TPSA) is 29.0 Å². The Bertz CT molecular complexity index is 816. The van der Waals surface area contributed by atoms with Crippen molar-refractivity contribution in [2.45, 2.75) is 19.4 Å². The van der Waals surface area contributed by atoms with E-state index in [-0.39, 0.29) is 11.9 Å². The zero-order valence-electron chi connectivity index (χ0n) is 12.2. The van der Waals surface area contributed by atoms with Crippen LogP contribution in [-0.4, -0.2) is 16.5 Å². The van der Waals surface area contributed by atoms with Gasteiger partial charge >= 0.3 is 0 Å². The van der Waals surface area contributed by atoms with Crippen molar-refractivity contribution in [2.24, 2.45) is 5.92 Å². The molecule has 1 aliphatic heterocycles. The molecule has 0 radical (unpaired) electrons. The van der Waals surface area contributed by atoms with Crippen LogP contribution in [0.15, 0.2) is 42.0 Å². The summed E-state index contributed by atoms with van der Waals surface area (Å²) in [6.07, 6.45) is 2.70. The fourth-order valence-corrected chi connectivity index (χ4v) is 4.12. The predicted molar refractivity (Wildman–Crippen MR) is 87.7 cm³/mol. The van der Waals surface area contributed by atoms with Crippen LogP contribution in [0, 0.1) is 11.7 Å². The average molecular weight is 313 g/mol. The molecule has 0 aliphatic carbocycles. The number of fused-ring (bicyclic) bond motifs is 1. The van der Waals surface area contributed by atoms with Crippen LogP contribution in [0.25, 0.3) is 10.2 Å². The molecule has 1 saturated heterocycles. The summed E-state index contributed by atoms with van der Waals surface area (Å²) in [5, 5.41) is 3.13. The van der Waals surface area contributed by atoms with E-state index in [1.807, 2.05) is 11.4 Å². The van der Waals surface area contributed by atoms with E-state index in [9.17, 15) is 4.39 Å². The van der Waals surface area contributed by atoms with E-state index in [1.54, 1.807) is 29.8 Å². The maximum atomic E-state index is 13.6. The summed E-state index contributed by atoms with van der Waals surface area (Å²) in [4.78, 5) is 12.2. The molecule has 1 aromatic carbocycles. The average Bonchev–Trinajstić information content (AvgIpc) is 3.13. The molecular weight excluding hydrogens is 297 g/mol. The molecule has 3 aromatic rings. The molecule has 0 N–H and O–H groups in total. The molecule has 3 nitrogen and oxygen atoms in total. The zero-order valence-corrected chi connectivity index (χ0v) is 13.1. The zero-order chi connectivity index (χ0) is 15.1. The summed E-state index contributed by atoms with van der Waals surface area (Å²) < 4.78 is 13.6. The third kappa shape index (κ3) is 2.16. The lowest BCUT2D eigenvalue weighted by molar-refractivity contribution is 0.526. The highest BCUT2D eigenvalue weighted by Crippen LogP contribution is 2.41. The van der Waals surface area contributed by atoms with Crippen molar-refractivity contribution in [3.8, 4) is 0 Å². The van der Waals surface area contributed by atoms with Crippen LogP contribution < -0.4 is 4.90 Å². The molecule has 0 bridgehead atoms. The van der Waals surface area contributed by atoms with Crippen molar-refractivity contribution >= 4 is 27.4 Å². The molecule has 4 rings (SSSR count). The lowest BCUT2D eigenvalue weighted by Crippen LogP contribution is -2.25. The van der Waals surface area contributed by atoms with Crippen LogP contribution in [-0.2, 0) is 0 Å². The van der Waals surface area contributed by atoms with Gasteiger partial charge in [0.05, 0.1) is 11.4 Å². The Balaban J connectivity index is 1.82. The number of nitrogens with zero attached hydrogens (tertiary/aromatic N) is 3. The highest BCUT2D eigenvalue weighted by molar-refractivity contribution is 7.16. The van der Waals surface area contributed by atoms with Gasteiger partial charge in [-0.3, -0.25) is 0 Å². The van der Waals surface area contributed by atoms with Gasteiger partial charge in [0.1, 0.15) is 22.8 Å². The first-order chi connectivity index (χ1) is 10.7. The lowest BCUT2D eigenvalue weighted by atomic mass is 9.95. The molecule has 112 valence electrons. The third-order valence-corrected chi connectivity index (χ3v) is 5.22. The van der Waals surface area contributed by atoms with Gasteiger partial charge in [-0.25, -0.2) is 14.4 Å². The van der Waals surface area contributed by atoms with Crippen molar-refractivity contribution in [1.29, 1.82) is 0 Å². The molecule has 5 heteroatoms. The fraction of sp³-hybridized carbons (Fsp3) is 0.294. The van der Waals surface area contributed by atoms with E-state index in [1.165, 1.54) is 6.07 Å². The van der Waals surface area contributed by atoms with Crippen molar-refractivity contribution in [3.63, 3.8) is 0 Å². The lowest BCUT2D eigenvalue weighted by Gasteiger charge is -2.28. The minimum absolute atomic E-state index is 0.161. The van der Waals surface area contributed by atoms with Gasteiger partial charge in [-0.15, -0.1) is 11.3 Å². The SMILES string of the molecule is CC1CCN(c2ncnc3sccc23)C1c1cccc(F)c1. The Morgan fingerprint density at radius 2 is 2.18 bits per heavy atom. The summed E-state index contributed by atoms with van der Waals surface area (Å²) >= 11 is 1.62. The first-order valence-corrected chi connectivity index (χ1v) is 8.32. The molecule has 3 heterocycles.